The van der Waals surface area contributed by atoms with Crippen LogP contribution in [0.25, 0.3) is 0 Å². The SMILES string of the molecule is CC1CC(CN)(N(C)CCOCC2CC2)CCO1. The Morgan fingerprint density at radius 3 is 2.83 bits per heavy atom. The molecular formula is C14H28N2O2. The van der Waals surface area contributed by atoms with Crippen LogP contribution in [-0.2, 0) is 9.47 Å². The molecule has 1 saturated heterocycles. The van der Waals surface area contributed by atoms with Gasteiger partial charge in [0.05, 0.1) is 12.7 Å². The van der Waals surface area contributed by atoms with Gasteiger partial charge in [0.2, 0.25) is 0 Å². The third-order valence-corrected chi connectivity index (χ3v) is 4.45. The summed E-state index contributed by atoms with van der Waals surface area (Å²) in [5, 5.41) is 0. The molecule has 1 saturated carbocycles. The Hall–Kier alpha value is -0.160. The van der Waals surface area contributed by atoms with E-state index in [1.165, 1.54) is 12.8 Å². The molecule has 2 rings (SSSR count). The lowest BCUT2D eigenvalue weighted by molar-refractivity contribution is -0.0615. The maximum atomic E-state index is 6.03. The zero-order valence-electron chi connectivity index (χ0n) is 11.9. The molecule has 2 atom stereocenters. The van der Waals surface area contributed by atoms with Gasteiger partial charge in [0.1, 0.15) is 0 Å². The minimum atomic E-state index is 0.112. The van der Waals surface area contributed by atoms with Gasteiger partial charge in [0.15, 0.2) is 0 Å². The predicted octanol–water partition coefficient (Wildman–Crippen LogP) is 1.24. The van der Waals surface area contributed by atoms with Crippen molar-refractivity contribution in [2.75, 3.05) is 40.0 Å². The van der Waals surface area contributed by atoms with Crippen molar-refractivity contribution in [1.29, 1.82) is 0 Å². The Kier molecular flexibility index (Phi) is 5.01. The van der Waals surface area contributed by atoms with Gasteiger partial charge in [-0.25, -0.2) is 0 Å². The van der Waals surface area contributed by atoms with Crippen molar-refractivity contribution in [3.05, 3.63) is 0 Å². The molecule has 0 aromatic rings. The Morgan fingerprint density at radius 1 is 1.44 bits per heavy atom. The largest absolute Gasteiger partial charge is 0.380 e. The topological polar surface area (TPSA) is 47.7 Å². The van der Waals surface area contributed by atoms with Crippen LogP contribution in [0, 0.1) is 5.92 Å². The van der Waals surface area contributed by atoms with Crippen molar-refractivity contribution in [2.45, 2.75) is 44.2 Å². The summed E-state index contributed by atoms with van der Waals surface area (Å²) in [5.41, 5.74) is 6.14. The van der Waals surface area contributed by atoms with E-state index >= 15 is 0 Å². The highest BCUT2D eigenvalue weighted by atomic mass is 16.5. The second-order valence-electron chi connectivity index (χ2n) is 6.00. The lowest BCUT2D eigenvalue weighted by Gasteiger charge is -2.45. The fourth-order valence-corrected chi connectivity index (χ4v) is 2.81. The molecule has 2 unspecified atom stereocenters. The lowest BCUT2D eigenvalue weighted by atomic mass is 9.85. The first-order valence-electron chi connectivity index (χ1n) is 7.27. The third-order valence-electron chi connectivity index (χ3n) is 4.45. The first-order valence-corrected chi connectivity index (χ1v) is 7.27. The van der Waals surface area contributed by atoms with Gasteiger partial charge in [-0.15, -0.1) is 0 Å². The monoisotopic (exact) mass is 256 g/mol. The van der Waals surface area contributed by atoms with Crippen LogP contribution in [0.1, 0.15) is 32.6 Å². The molecule has 2 N–H and O–H groups in total. The summed E-state index contributed by atoms with van der Waals surface area (Å²) in [5.74, 6) is 0.849. The average molecular weight is 256 g/mol. The van der Waals surface area contributed by atoms with E-state index < -0.39 is 0 Å². The van der Waals surface area contributed by atoms with Gasteiger partial charge in [0, 0.05) is 31.8 Å². The van der Waals surface area contributed by atoms with Crippen molar-refractivity contribution in [1.82, 2.24) is 4.90 Å². The predicted molar refractivity (Wildman–Crippen MR) is 72.6 cm³/mol. The molecule has 0 amide bonds. The lowest BCUT2D eigenvalue weighted by Crippen LogP contribution is -2.57. The minimum Gasteiger partial charge on any atom is -0.380 e. The molecule has 0 bridgehead atoms. The second kappa shape index (κ2) is 6.33. The van der Waals surface area contributed by atoms with E-state index in [9.17, 15) is 0 Å². The van der Waals surface area contributed by atoms with Crippen LogP contribution in [-0.4, -0.2) is 56.5 Å². The van der Waals surface area contributed by atoms with Gasteiger partial charge in [-0.1, -0.05) is 0 Å². The first kappa shape index (κ1) is 14.3. The molecule has 4 nitrogen and oxygen atoms in total. The van der Waals surface area contributed by atoms with E-state index in [0.717, 1.165) is 45.1 Å². The van der Waals surface area contributed by atoms with Crippen LogP contribution in [0.4, 0.5) is 0 Å². The summed E-state index contributed by atoms with van der Waals surface area (Å²) in [7, 11) is 2.17. The van der Waals surface area contributed by atoms with Crippen LogP contribution < -0.4 is 5.73 Å². The van der Waals surface area contributed by atoms with Crippen LogP contribution >= 0.6 is 0 Å². The highest BCUT2D eigenvalue weighted by Crippen LogP contribution is 2.30. The van der Waals surface area contributed by atoms with Crippen LogP contribution in [0.2, 0.25) is 0 Å². The Bertz CT molecular complexity index is 258. The molecule has 2 fully saturated rings. The number of nitrogens with two attached hydrogens (primary N) is 1. The molecule has 0 aromatic heterocycles. The van der Waals surface area contributed by atoms with Crippen LogP contribution in [0.5, 0.6) is 0 Å². The zero-order chi connectivity index (χ0) is 13.0. The number of ether oxygens (including phenoxy) is 2. The summed E-state index contributed by atoms with van der Waals surface area (Å²) in [6, 6.07) is 0. The first-order chi connectivity index (χ1) is 8.66. The van der Waals surface area contributed by atoms with E-state index in [0.29, 0.717) is 12.6 Å². The number of likely N-dealkylation sites (N-methyl/N-ethyl adjacent to an activating group) is 1. The molecule has 0 radical (unpaired) electrons. The fourth-order valence-electron chi connectivity index (χ4n) is 2.81. The molecule has 2 aliphatic rings. The van der Waals surface area contributed by atoms with Crippen molar-refractivity contribution >= 4 is 0 Å². The van der Waals surface area contributed by atoms with Gasteiger partial charge in [-0.3, -0.25) is 4.90 Å². The Labute approximate surface area is 111 Å². The minimum absolute atomic E-state index is 0.112. The fraction of sp³-hybridized carbons (Fsp3) is 1.00. The quantitative estimate of drug-likeness (QED) is 0.696. The summed E-state index contributed by atoms with van der Waals surface area (Å²) in [6.45, 7) is 6.41. The number of hydrogen-bond acceptors (Lipinski definition) is 4. The molecule has 106 valence electrons. The summed E-state index contributed by atoms with van der Waals surface area (Å²) in [4.78, 5) is 2.39. The van der Waals surface area contributed by atoms with Crippen LogP contribution in [0.15, 0.2) is 0 Å². The van der Waals surface area contributed by atoms with E-state index in [-0.39, 0.29) is 5.54 Å². The molecule has 18 heavy (non-hydrogen) atoms. The Morgan fingerprint density at radius 2 is 2.22 bits per heavy atom. The molecular weight excluding hydrogens is 228 g/mol. The highest BCUT2D eigenvalue weighted by Gasteiger charge is 2.37. The van der Waals surface area contributed by atoms with Crippen molar-refractivity contribution in [3.8, 4) is 0 Å². The molecule has 1 aliphatic carbocycles. The smallest absolute Gasteiger partial charge is 0.0593 e. The molecule has 1 aliphatic heterocycles. The van der Waals surface area contributed by atoms with E-state index in [1.54, 1.807) is 0 Å². The van der Waals surface area contributed by atoms with Crippen molar-refractivity contribution in [2.24, 2.45) is 11.7 Å². The van der Waals surface area contributed by atoms with Gasteiger partial charge < -0.3 is 15.2 Å². The standard InChI is InChI=1S/C14H28N2O2/c1-12-9-14(11-15,5-7-18-12)16(2)6-8-17-10-13-3-4-13/h12-13H,3-11,15H2,1-2H3. The average Bonchev–Trinajstić information content (AvgIpc) is 3.18. The second-order valence-corrected chi connectivity index (χ2v) is 6.00. The van der Waals surface area contributed by atoms with Gasteiger partial charge in [0.25, 0.3) is 0 Å². The van der Waals surface area contributed by atoms with Gasteiger partial charge in [-0.2, -0.15) is 0 Å². The van der Waals surface area contributed by atoms with E-state index in [2.05, 4.69) is 18.9 Å². The summed E-state index contributed by atoms with van der Waals surface area (Å²) >= 11 is 0. The summed E-state index contributed by atoms with van der Waals surface area (Å²) < 4.78 is 11.4. The van der Waals surface area contributed by atoms with E-state index in [4.69, 9.17) is 15.2 Å². The van der Waals surface area contributed by atoms with Gasteiger partial charge >= 0.3 is 0 Å². The molecule has 0 aromatic carbocycles. The highest BCUT2D eigenvalue weighted by molar-refractivity contribution is 4.94. The molecule has 4 heteroatoms. The van der Waals surface area contributed by atoms with E-state index in [1.807, 2.05) is 0 Å². The maximum absolute atomic E-state index is 6.03. The number of hydrogen-bond donors (Lipinski definition) is 1. The molecule has 1 heterocycles. The van der Waals surface area contributed by atoms with Gasteiger partial charge in [-0.05, 0) is 45.6 Å². The number of rotatable bonds is 7. The zero-order valence-corrected chi connectivity index (χ0v) is 11.9. The van der Waals surface area contributed by atoms with Crippen molar-refractivity contribution < 1.29 is 9.47 Å². The van der Waals surface area contributed by atoms with Crippen molar-refractivity contribution in [3.63, 3.8) is 0 Å². The Balaban J connectivity index is 1.74. The molecule has 0 spiro atoms. The summed E-state index contributed by atoms with van der Waals surface area (Å²) in [6.07, 6.45) is 5.10. The third kappa shape index (κ3) is 3.67. The number of nitrogens with zero attached hydrogens (tertiary/aromatic N) is 1. The van der Waals surface area contributed by atoms with Crippen LogP contribution in [0.3, 0.4) is 0 Å². The normalized spacial score (nSPS) is 33.0. The maximum Gasteiger partial charge on any atom is 0.0593 e.